The van der Waals surface area contributed by atoms with Crippen molar-refractivity contribution >= 4 is 0 Å². The quantitative estimate of drug-likeness (QED) is 0.362. The molecule has 1 nitrogen and oxygen atoms in total. The largest absolute Gasteiger partial charge is 0.298 e. The predicted octanol–water partition coefficient (Wildman–Crippen LogP) is 8.13. The molecule has 1 aromatic carbocycles. The monoisotopic (exact) mass is 363 g/mol. The molecule has 0 heterocycles. The molecule has 1 aromatic rings. The van der Waals surface area contributed by atoms with Crippen molar-refractivity contribution in [3.63, 3.8) is 0 Å². The van der Waals surface area contributed by atoms with Gasteiger partial charge in [-0.15, -0.1) is 0 Å². The summed E-state index contributed by atoms with van der Waals surface area (Å²) in [5.41, 5.74) is 1.90. The summed E-state index contributed by atoms with van der Waals surface area (Å²) >= 11 is 0. The third-order valence-electron chi connectivity index (χ3n) is 4.81. The van der Waals surface area contributed by atoms with Crippen LogP contribution in [0.25, 0.3) is 0 Å². The highest BCUT2D eigenvalue weighted by Gasteiger charge is 2.33. The van der Waals surface area contributed by atoms with Crippen molar-refractivity contribution in [2.24, 2.45) is 0 Å². The second-order valence-electron chi connectivity index (χ2n) is 6.70. The van der Waals surface area contributed by atoms with Gasteiger partial charge >= 0.3 is 0 Å². The average Bonchev–Trinajstić information content (AvgIpc) is 2.70. The highest BCUT2D eigenvalue weighted by atomic mass is 15.2. The van der Waals surface area contributed by atoms with E-state index in [1.54, 1.807) is 0 Å². The fourth-order valence-electron chi connectivity index (χ4n) is 3.93. The van der Waals surface area contributed by atoms with Crippen molar-refractivity contribution in [3.05, 3.63) is 35.9 Å². The zero-order valence-corrected chi connectivity index (χ0v) is 19.4. The van der Waals surface area contributed by atoms with Crippen LogP contribution in [0.3, 0.4) is 0 Å². The van der Waals surface area contributed by atoms with E-state index in [4.69, 9.17) is 0 Å². The van der Waals surface area contributed by atoms with Gasteiger partial charge in [-0.2, -0.15) is 0 Å². The first-order chi connectivity index (χ1) is 12.7. The summed E-state index contributed by atoms with van der Waals surface area (Å²) in [6, 6.07) is 11.0. The standard InChI is InChI=1S/C21H37N.2C2H6/c1-5-15-21(16-6-2,22(18-7-3)19-8-4)17-14-20-12-10-9-11-13-20;2*1-2/h9-13H,5-8,14-19H2,1-4H3;2*1-2H3. The first-order valence-corrected chi connectivity index (χ1v) is 11.5. The van der Waals surface area contributed by atoms with Crippen LogP contribution < -0.4 is 0 Å². The Morgan fingerprint density at radius 3 is 1.50 bits per heavy atom. The summed E-state index contributed by atoms with van der Waals surface area (Å²) in [5.74, 6) is 0. The van der Waals surface area contributed by atoms with E-state index < -0.39 is 0 Å². The summed E-state index contributed by atoms with van der Waals surface area (Å²) in [4.78, 5) is 2.82. The highest BCUT2D eigenvalue weighted by molar-refractivity contribution is 5.15. The number of hydrogen-bond donors (Lipinski definition) is 0. The fourth-order valence-corrected chi connectivity index (χ4v) is 3.93. The van der Waals surface area contributed by atoms with Crippen molar-refractivity contribution in [1.82, 2.24) is 4.90 Å². The number of aryl methyl sites for hydroxylation is 1. The molecule has 0 radical (unpaired) electrons. The molecule has 0 aromatic heterocycles. The Bertz CT molecular complexity index is 359. The summed E-state index contributed by atoms with van der Waals surface area (Å²) in [6.45, 7) is 19.8. The van der Waals surface area contributed by atoms with E-state index in [1.165, 1.54) is 70.0 Å². The highest BCUT2D eigenvalue weighted by Crippen LogP contribution is 2.33. The first-order valence-electron chi connectivity index (χ1n) is 11.5. The van der Waals surface area contributed by atoms with Gasteiger partial charge in [-0.3, -0.25) is 4.90 Å². The Kier molecular flexibility index (Phi) is 20.0. The minimum absolute atomic E-state index is 0.408. The molecule has 154 valence electrons. The summed E-state index contributed by atoms with van der Waals surface area (Å²) < 4.78 is 0. The smallest absolute Gasteiger partial charge is 0.0212 e. The van der Waals surface area contributed by atoms with Crippen LogP contribution in [0, 0.1) is 0 Å². The topological polar surface area (TPSA) is 3.24 Å². The Balaban J connectivity index is 0. The van der Waals surface area contributed by atoms with Gasteiger partial charge in [0.05, 0.1) is 0 Å². The third kappa shape index (κ3) is 10.4. The number of nitrogens with zero attached hydrogens (tertiary/aromatic N) is 1. The lowest BCUT2D eigenvalue weighted by molar-refractivity contribution is 0.0585. The molecule has 0 aliphatic heterocycles. The minimum Gasteiger partial charge on any atom is -0.298 e. The summed E-state index contributed by atoms with van der Waals surface area (Å²) in [6.07, 6.45) is 10.3. The lowest BCUT2D eigenvalue weighted by atomic mass is 9.81. The van der Waals surface area contributed by atoms with Crippen molar-refractivity contribution in [2.75, 3.05) is 13.1 Å². The van der Waals surface area contributed by atoms with E-state index in [1.807, 2.05) is 27.7 Å². The van der Waals surface area contributed by atoms with Gasteiger partial charge in [0.15, 0.2) is 0 Å². The van der Waals surface area contributed by atoms with Crippen molar-refractivity contribution in [3.8, 4) is 0 Å². The van der Waals surface area contributed by atoms with Gasteiger partial charge in [0, 0.05) is 5.54 Å². The van der Waals surface area contributed by atoms with Gasteiger partial charge in [-0.25, -0.2) is 0 Å². The van der Waals surface area contributed by atoms with Crippen molar-refractivity contribution < 1.29 is 0 Å². The zero-order valence-electron chi connectivity index (χ0n) is 19.4. The Morgan fingerprint density at radius 2 is 1.12 bits per heavy atom. The number of rotatable bonds is 12. The minimum atomic E-state index is 0.408. The van der Waals surface area contributed by atoms with E-state index in [-0.39, 0.29) is 0 Å². The van der Waals surface area contributed by atoms with E-state index >= 15 is 0 Å². The maximum Gasteiger partial charge on any atom is 0.0212 e. The van der Waals surface area contributed by atoms with Gasteiger partial charge in [0.1, 0.15) is 0 Å². The number of benzene rings is 1. The van der Waals surface area contributed by atoms with Gasteiger partial charge in [-0.1, -0.05) is 98.6 Å². The lowest BCUT2D eigenvalue weighted by Gasteiger charge is -2.45. The zero-order chi connectivity index (χ0) is 20.3. The molecule has 0 saturated heterocycles. The Morgan fingerprint density at radius 1 is 0.654 bits per heavy atom. The van der Waals surface area contributed by atoms with Crippen LogP contribution >= 0.6 is 0 Å². The van der Waals surface area contributed by atoms with Crippen LogP contribution in [-0.4, -0.2) is 23.5 Å². The molecule has 0 unspecified atom stereocenters. The molecule has 1 heteroatoms. The van der Waals surface area contributed by atoms with Gasteiger partial charge in [0.2, 0.25) is 0 Å². The molecule has 1 rings (SSSR count). The summed E-state index contributed by atoms with van der Waals surface area (Å²) in [7, 11) is 0. The number of hydrogen-bond acceptors (Lipinski definition) is 1. The van der Waals surface area contributed by atoms with Gasteiger partial charge in [-0.05, 0) is 57.2 Å². The van der Waals surface area contributed by atoms with E-state index in [2.05, 4.69) is 62.9 Å². The maximum absolute atomic E-state index is 2.82. The lowest BCUT2D eigenvalue weighted by Crippen LogP contribution is -2.49. The molecule has 0 N–H and O–H groups in total. The molecule has 0 spiro atoms. The molecule has 0 fully saturated rings. The molecule has 0 aliphatic rings. The van der Waals surface area contributed by atoms with Crippen LogP contribution in [0.4, 0.5) is 0 Å². The summed E-state index contributed by atoms with van der Waals surface area (Å²) in [5, 5.41) is 0. The molecule has 0 bridgehead atoms. The van der Waals surface area contributed by atoms with Gasteiger partial charge < -0.3 is 0 Å². The van der Waals surface area contributed by atoms with Crippen LogP contribution in [0.1, 0.15) is 106 Å². The third-order valence-corrected chi connectivity index (χ3v) is 4.81. The molecule has 0 aliphatic carbocycles. The van der Waals surface area contributed by atoms with Crippen molar-refractivity contribution in [1.29, 1.82) is 0 Å². The molecular weight excluding hydrogens is 314 g/mol. The van der Waals surface area contributed by atoms with Crippen LogP contribution in [0.15, 0.2) is 30.3 Å². The SMILES string of the molecule is CC.CC.CCCN(CCC)C(CCC)(CCC)CCc1ccccc1. The Hall–Kier alpha value is -0.820. The second kappa shape index (κ2) is 19.0. The molecule has 0 saturated carbocycles. The second-order valence-corrected chi connectivity index (χ2v) is 6.70. The van der Waals surface area contributed by atoms with Gasteiger partial charge in [0.25, 0.3) is 0 Å². The maximum atomic E-state index is 2.82. The van der Waals surface area contributed by atoms with Crippen LogP contribution in [0.5, 0.6) is 0 Å². The Labute approximate surface area is 166 Å². The van der Waals surface area contributed by atoms with Crippen LogP contribution in [0.2, 0.25) is 0 Å². The van der Waals surface area contributed by atoms with E-state index in [9.17, 15) is 0 Å². The first kappa shape index (κ1) is 27.4. The average molecular weight is 364 g/mol. The van der Waals surface area contributed by atoms with Crippen molar-refractivity contribution in [2.45, 2.75) is 112 Å². The van der Waals surface area contributed by atoms with Crippen LogP contribution in [-0.2, 0) is 6.42 Å². The fraction of sp³-hybridized carbons (Fsp3) is 0.760. The normalized spacial score (nSPS) is 10.7. The molecule has 26 heavy (non-hydrogen) atoms. The van der Waals surface area contributed by atoms with E-state index in [0.717, 1.165) is 0 Å². The molecule has 0 amide bonds. The molecule has 0 atom stereocenters. The molecular formula is C25H49N. The predicted molar refractivity (Wildman–Crippen MR) is 122 cm³/mol. The van der Waals surface area contributed by atoms with E-state index in [0.29, 0.717) is 5.54 Å².